The Labute approximate surface area is 181 Å². The molecule has 1 atom stereocenters. The number of benzene rings is 1. The summed E-state index contributed by atoms with van der Waals surface area (Å²) in [5.41, 5.74) is 8.04. The molecule has 1 aromatic heterocycles. The van der Waals surface area contributed by atoms with E-state index < -0.39 is 0 Å². The van der Waals surface area contributed by atoms with Crippen molar-refractivity contribution in [2.24, 2.45) is 5.92 Å². The minimum Gasteiger partial charge on any atom is -0.483 e. The second-order valence-electron chi connectivity index (χ2n) is 7.68. The number of anilines is 1. The van der Waals surface area contributed by atoms with Crippen LogP contribution in [-0.2, 0) is 9.53 Å². The first-order valence-corrected chi connectivity index (χ1v) is 10.5. The van der Waals surface area contributed by atoms with Crippen LogP contribution in [0.4, 0.5) is 5.82 Å². The summed E-state index contributed by atoms with van der Waals surface area (Å²) in [5, 5.41) is 6.89. The van der Waals surface area contributed by atoms with E-state index in [1.807, 2.05) is 29.2 Å². The molecule has 0 bridgehead atoms. The first-order valence-electron chi connectivity index (χ1n) is 10.5. The molecule has 1 amide bonds. The topological polar surface area (TPSA) is 122 Å². The van der Waals surface area contributed by atoms with E-state index in [2.05, 4.69) is 14.9 Å². The zero-order chi connectivity index (χ0) is 22.1. The molecule has 166 valence electrons. The molecular formula is C22H29N5O4. The van der Waals surface area contributed by atoms with Crippen molar-refractivity contribution in [1.82, 2.24) is 19.8 Å². The van der Waals surface area contributed by atoms with Crippen LogP contribution >= 0.6 is 0 Å². The summed E-state index contributed by atoms with van der Waals surface area (Å²) in [5.74, 6) is 1.03. The maximum atomic E-state index is 13.0. The van der Waals surface area contributed by atoms with E-state index >= 15 is 0 Å². The van der Waals surface area contributed by atoms with Crippen molar-refractivity contribution >= 4 is 18.2 Å². The van der Waals surface area contributed by atoms with E-state index in [0.717, 1.165) is 57.9 Å². The molecule has 2 saturated heterocycles. The van der Waals surface area contributed by atoms with Crippen molar-refractivity contribution < 1.29 is 19.4 Å². The highest BCUT2D eigenvalue weighted by Gasteiger charge is 2.26. The Morgan fingerprint density at radius 3 is 2.58 bits per heavy atom. The van der Waals surface area contributed by atoms with Crippen LogP contribution < -0.4 is 5.73 Å². The number of nitrogens with zero attached hydrogens (tertiary/aromatic N) is 4. The number of likely N-dealkylation sites (tertiary alicyclic amines) is 1. The van der Waals surface area contributed by atoms with Crippen LogP contribution in [0.3, 0.4) is 0 Å². The molecular weight excluding hydrogens is 398 g/mol. The maximum absolute atomic E-state index is 13.0. The number of ether oxygens (including phenoxy) is 1. The molecule has 1 unspecified atom stereocenters. The highest BCUT2D eigenvalue weighted by atomic mass is 16.5. The highest BCUT2D eigenvalue weighted by Crippen LogP contribution is 2.22. The van der Waals surface area contributed by atoms with Crippen LogP contribution in [-0.4, -0.2) is 83.2 Å². The van der Waals surface area contributed by atoms with E-state index in [1.165, 1.54) is 12.6 Å². The molecule has 31 heavy (non-hydrogen) atoms. The van der Waals surface area contributed by atoms with Crippen molar-refractivity contribution in [1.29, 1.82) is 0 Å². The molecule has 3 N–H and O–H groups in total. The minimum absolute atomic E-state index is 0.108. The van der Waals surface area contributed by atoms with Crippen molar-refractivity contribution in [3.63, 3.8) is 0 Å². The lowest BCUT2D eigenvalue weighted by Gasteiger charge is -2.36. The number of rotatable bonds is 4. The summed E-state index contributed by atoms with van der Waals surface area (Å²) in [6.07, 6.45) is 5.45. The zero-order valence-electron chi connectivity index (χ0n) is 17.5. The number of amides is 1. The smallest absolute Gasteiger partial charge is 0.290 e. The summed E-state index contributed by atoms with van der Waals surface area (Å²) in [6.45, 7) is 6.11. The Kier molecular flexibility index (Phi) is 8.31. The summed E-state index contributed by atoms with van der Waals surface area (Å²) < 4.78 is 5.43. The Morgan fingerprint density at radius 2 is 1.90 bits per heavy atom. The molecule has 4 rings (SSSR count). The van der Waals surface area contributed by atoms with Gasteiger partial charge in [0.1, 0.15) is 5.82 Å². The molecule has 2 aliphatic rings. The normalized spacial score (nSPS) is 19.2. The number of morpholine rings is 1. The molecule has 3 heterocycles. The van der Waals surface area contributed by atoms with E-state index in [0.29, 0.717) is 23.0 Å². The SMILES string of the molecule is Nc1cncc(-c2ccc(C(=O)N3CCCC(CN4CCOCC4)C3)cc2)n1.O=CO. The maximum Gasteiger partial charge on any atom is 0.290 e. The van der Waals surface area contributed by atoms with Crippen molar-refractivity contribution in [3.8, 4) is 11.3 Å². The summed E-state index contributed by atoms with van der Waals surface area (Å²) in [7, 11) is 0. The Morgan fingerprint density at radius 1 is 1.19 bits per heavy atom. The number of piperidine rings is 1. The van der Waals surface area contributed by atoms with Gasteiger partial charge in [-0.2, -0.15) is 0 Å². The van der Waals surface area contributed by atoms with Gasteiger partial charge in [0.25, 0.3) is 12.4 Å². The zero-order valence-corrected chi connectivity index (χ0v) is 17.5. The fourth-order valence-electron chi connectivity index (χ4n) is 4.03. The van der Waals surface area contributed by atoms with Gasteiger partial charge in [-0.15, -0.1) is 0 Å². The van der Waals surface area contributed by atoms with Gasteiger partial charge in [0, 0.05) is 43.9 Å². The third-order valence-corrected chi connectivity index (χ3v) is 5.51. The second-order valence-corrected chi connectivity index (χ2v) is 7.68. The van der Waals surface area contributed by atoms with Gasteiger partial charge in [-0.25, -0.2) is 4.98 Å². The van der Waals surface area contributed by atoms with Crippen LogP contribution in [0.1, 0.15) is 23.2 Å². The van der Waals surface area contributed by atoms with E-state index in [-0.39, 0.29) is 12.4 Å². The Hall–Kier alpha value is -3.04. The van der Waals surface area contributed by atoms with Gasteiger partial charge >= 0.3 is 0 Å². The van der Waals surface area contributed by atoms with Crippen LogP contribution in [0.25, 0.3) is 11.3 Å². The number of nitrogens with two attached hydrogens (primary N) is 1. The van der Waals surface area contributed by atoms with Gasteiger partial charge in [0.2, 0.25) is 0 Å². The highest BCUT2D eigenvalue weighted by molar-refractivity contribution is 5.94. The van der Waals surface area contributed by atoms with Gasteiger partial charge in [-0.1, -0.05) is 12.1 Å². The molecule has 9 heteroatoms. The molecule has 9 nitrogen and oxygen atoms in total. The number of hydrogen-bond donors (Lipinski definition) is 2. The molecule has 0 radical (unpaired) electrons. The molecule has 2 aromatic rings. The average molecular weight is 428 g/mol. The predicted octanol–water partition coefficient (Wildman–Crippen LogP) is 1.61. The summed E-state index contributed by atoms with van der Waals surface area (Å²) in [4.78, 5) is 34.2. The molecule has 0 spiro atoms. The minimum atomic E-state index is -0.250. The number of carboxylic acid groups (broad SMARTS) is 1. The quantitative estimate of drug-likeness (QED) is 0.706. The van der Waals surface area contributed by atoms with Crippen molar-refractivity contribution in [2.75, 3.05) is 51.7 Å². The lowest BCUT2D eigenvalue weighted by molar-refractivity contribution is -0.122. The average Bonchev–Trinajstić information content (AvgIpc) is 2.80. The number of hydrogen-bond acceptors (Lipinski definition) is 7. The van der Waals surface area contributed by atoms with Gasteiger partial charge < -0.3 is 20.5 Å². The van der Waals surface area contributed by atoms with Gasteiger partial charge in [0.05, 0.1) is 31.3 Å². The first kappa shape index (κ1) is 22.6. The fraction of sp³-hybridized carbons (Fsp3) is 0.455. The molecule has 0 aliphatic carbocycles. The van der Waals surface area contributed by atoms with Crippen LogP contribution in [0.2, 0.25) is 0 Å². The van der Waals surface area contributed by atoms with E-state index in [1.54, 1.807) is 6.20 Å². The molecule has 2 fully saturated rings. The lowest BCUT2D eigenvalue weighted by atomic mass is 9.96. The molecule has 0 saturated carbocycles. The van der Waals surface area contributed by atoms with Crippen LogP contribution in [0.5, 0.6) is 0 Å². The summed E-state index contributed by atoms with van der Waals surface area (Å²) >= 11 is 0. The van der Waals surface area contributed by atoms with Crippen molar-refractivity contribution in [3.05, 3.63) is 42.2 Å². The third-order valence-electron chi connectivity index (χ3n) is 5.51. The number of aromatic nitrogens is 2. The second kappa shape index (κ2) is 11.4. The van der Waals surface area contributed by atoms with E-state index in [4.69, 9.17) is 20.4 Å². The van der Waals surface area contributed by atoms with Crippen LogP contribution in [0.15, 0.2) is 36.7 Å². The van der Waals surface area contributed by atoms with Gasteiger partial charge in [0.15, 0.2) is 0 Å². The Bertz CT molecular complexity index is 855. The van der Waals surface area contributed by atoms with Gasteiger partial charge in [-0.05, 0) is 30.9 Å². The number of carbonyl (C=O) groups excluding carboxylic acids is 1. The van der Waals surface area contributed by atoms with Crippen LogP contribution in [0, 0.1) is 5.92 Å². The largest absolute Gasteiger partial charge is 0.483 e. The third kappa shape index (κ3) is 6.47. The first-order chi connectivity index (χ1) is 15.1. The molecule has 1 aromatic carbocycles. The van der Waals surface area contributed by atoms with Crippen molar-refractivity contribution in [2.45, 2.75) is 12.8 Å². The lowest BCUT2D eigenvalue weighted by Crippen LogP contribution is -2.46. The van der Waals surface area contributed by atoms with Gasteiger partial charge in [-0.3, -0.25) is 19.5 Å². The summed E-state index contributed by atoms with van der Waals surface area (Å²) in [6, 6.07) is 7.56. The molecule has 2 aliphatic heterocycles. The standard InChI is InChI=1S/C21H27N5O2.CH2O2/c22-20-13-23-12-19(24-20)17-3-5-18(6-4-17)21(27)26-7-1-2-16(15-26)14-25-8-10-28-11-9-25;2-1-3/h3-6,12-13,16H,1-2,7-11,14-15H2,(H2,22,24);1H,(H,2,3). The number of nitrogen functional groups attached to an aromatic ring is 1. The van der Waals surface area contributed by atoms with E-state index in [9.17, 15) is 4.79 Å². The predicted molar refractivity (Wildman–Crippen MR) is 116 cm³/mol. The monoisotopic (exact) mass is 427 g/mol. The Balaban J connectivity index is 0.000000858. The number of carbonyl (C=O) groups is 2. The fourth-order valence-corrected chi connectivity index (χ4v) is 4.03.